The highest BCUT2D eigenvalue weighted by Crippen LogP contribution is 2.40. The maximum absolute atomic E-state index is 13.4. The van der Waals surface area contributed by atoms with E-state index in [4.69, 9.17) is 4.74 Å². The van der Waals surface area contributed by atoms with Gasteiger partial charge in [-0.1, -0.05) is 12.1 Å². The van der Waals surface area contributed by atoms with Crippen molar-refractivity contribution >= 4 is 23.0 Å². The van der Waals surface area contributed by atoms with Crippen molar-refractivity contribution < 1.29 is 19.4 Å². The van der Waals surface area contributed by atoms with E-state index in [2.05, 4.69) is 4.98 Å². The molecule has 1 aliphatic rings. The first kappa shape index (κ1) is 21.0. The fourth-order valence-corrected chi connectivity index (χ4v) is 4.32. The Hall–Kier alpha value is -2.71. The summed E-state index contributed by atoms with van der Waals surface area (Å²) in [5, 5.41) is 11.4. The van der Waals surface area contributed by atoms with Crippen molar-refractivity contribution in [2.24, 2.45) is 0 Å². The summed E-state index contributed by atoms with van der Waals surface area (Å²) < 4.78 is 5.32. The van der Waals surface area contributed by atoms with Crippen LogP contribution in [0.25, 0.3) is 0 Å². The number of thiazole rings is 1. The molecule has 7 nitrogen and oxygen atoms in total. The number of carbonyl (C=O) groups is 2. The van der Waals surface area contributed by atoms with Crippen molar-refractivity contribution in [3.63, 3.8) is 0 Å². The molecule has 8 heteroatoms. The lowest BCUT2D eigenvalue weighted by Gasteiger charge is -2.28. The number of aliphatic hydroxyl groups is 1. The first-order valence-corrected chi connectivity index (χ1v) is 10.1. The number of aryl methyl sites for hydroxylation is 2. The van der Waals surface area contributed by atoms with E-state index in [9.17, 15) is 14.7 Å². The lowest BCUT2D eigenvalue weighted by atomic mass is 9.95. The van der Waals surface area contributed by atoms with Gasteiger partial charge < -0.3 is 19.6 Å². The van der Waals surface area contributed by atoms with E-state index in [1.54, 1.807) is 31.1 Å². The van der Waals surface area contributed by atoms with Gasteiger partial charge in [0.1, 0.15) is 5.75 Å². The maximum Gasteiger partial charge on any atom is 0.290 e. The highest BCUT2D eigenvalue weighted by Gasteiger charge is 2.44. The van der Waals surface area contributed by atoms with Crippen molar-refractivity contribution in [1.82, 2.24) is 14.8 Å². The molecular formula is C21H25N3O4S. The second-order valence-corrected chi connectivity index (χ2v) is 8.42. The summed E-state index contributed by atoms with van der Waals surface area (Å²) in [7, 11) is 5.37. The van der Waals surface area contributed by atoms with Crippen molar-refractivity contribution in [1.29, 1.82) is 0 Å². The molecule has 0 spiro atoms. The maximum atomic E-state index is 13.4. The van der Waals surface area contributed by atoms with Crippen molar-refractivity contribution in [2.45, 2.75) is 19.9 Å². The number of aliphatic hydroxyl groups excluding tert-OH is 1. The molecule has 3 rings (SSSR count). The number of carbonyl (C=O) groups excluding carboxylic acids is 2. The van der Waals surface area contributed by atoms with Gasteiger partial charge in [-0.2, -0.15) is 0 Å². The smallest absolute Gasteiger partial charge is 0.290 e. The monoisotopic (exact) mass is 415 g/mol. The zero-order valence-electron chi connectivity index (χ0n) is 17.2. The van der Waals surface area contributed by atoms with Crippen LogP contribution < -0.4 is 4.74 Å². The van der Waals surface area contributed by atoms with Crippen molar-refractivity contribution in [3.8, 4) is 5.75 Å². The number of Topliss-reactive ketones (excluding diaryl/α,β-unsaturated/α-hetero) is 1. The van der Waals surface area contributed by atoms with Crippen LogP contribution in [0.2, 0.25) is 0 Å². The summed E-state index contributed by atoms with van der Waals surface area (Å²) in [6, 6.07) is 6.54. The van der Waals surface area contributed by atoms with E-state index in [0.717, 1.165) is 5.01 Å². The molecule has 29 heavy (non-hydrogen) atoms. The lowest BCUT2D eigenvalue weighted by Crippen LogP contribution is -2.36. The number of hydrogen-bond acceptors (Lipinski definition) is 7. The molecule has 1 aliphatic heterocycles. The van der Waals surface area contributed by atoms with Gasteiger partial charge in [0, 0.05) is 13.1 Å². The molecule has 0 unspecified atom stereocenters. The van der Waals surface area contributed by atoms with Crippen molar-refractivity contribution in [2.75, 3.05) is 34.3 Å². The molecule has 0 aliphatic carbocycles. The predicted octanol–water partition coefficient (Wildman–Crippen LogP) is 2.91. The van der Waals surface area contributed by atoms with Crippen LogP contribution in [0.5, 0.6) is 5.75 Å². The van der Waals surface area contributed by atoms with Gasteiger partial charge in [0.2, 0.25) is 5.78 Å². The average Bonchev–Trinajstić information content (AvgIpc) is 3.15. The number of benzene rings is 1. The quantitative estimate of drug-likeness (QED) is 0.700. The van der Waals surface area contributed by atoms with Crippen LogP contribution in [0.3, 0.4) is 0 Å². The summed E-state index contributed by atoms with van der Waals surface area (Å²) in [6.45, 7) is 4.55. The second-order valence-electron chi connectivity index (χ2n) is 7.22. The summed E-state index contributed by atoms with van der Waals surface area (Å²) in [4.78, 5) is 34.5. The largest absolute Gasteiger partial charge is 0.503 e. The molecule has 1 atom stereocenters. The molecule has 0 bridgehead atoms. The number of rotatable bonds is 7. The fraction of sp³-hybridized carbons (Fsp3) is 0.381. The minimum absolute atomic E-state index is 0.0914. The average molecular weight is 416 g/mol. The van der Waals surface area contributed by atoms with Crippen molar-refractivity contribution in [3.05, 3.63) is 56.7 Å². The van der Waals surface area contributed by atoms with Crippen LogP contribution in [-0.2, 0) is 4.79 Å². The first-order chi connectivity index (χ1) is 13.7. The highest BCUT2D eigenvalue weighted by atomic mass is 32.1. The van der Waals surface area contributed by atoms with E-state index >= 15 is 0 Å². The Morgan fingerprint density at radius 2 is 2.07 bits per heavy atom. The number of amides is 1. The molecule has 1 amide bonds. The summed E-state index contributed by atoms with van der Waals surface area (Å²) in [5.41, 5.74) is 1.40. The number of hydrogen-bond donors (Lipinski definition) is 1. The Kier molecular flexibility index (Phi) is 6.04. The summed E-state index contributed by atoms with van der Waals surface area (Å²) >= 11 is 1.27. The highest BCUT2D eigenvalue weighted by molar-refractivity contribution is 7.14. The third kappa shape index (κ3) is 4.04. The van der Waals surface area contributed by atoms with Gasteiger partial charge in [0.15, 0.2) is 5.76 Å². The molecule has 0 saturated carbocycles. The molecule has 1 N–H and O–H groups in total. The number of ketones is 1. The molecule has 1 aromatic heterocycles. The van der Waals surface area contributed by atoms with Gasteiger partial charge in [-0.15, -0.1) is 11.3 Å². The minimum atomic E-state index is -0.688. The van der Waals surface area contributed by atoms with Crippen LogP contribution in [0, 0.1) is 13.8 Å². The zero-order valence-corrected chi connectivity index (χ0v) is 18.0. The Labute approximate surface area is 174 Å². The van der Waals surface area contributed by atoms with Gasteiger partial charge >= 0.3 is 0 Å². The number of nitrogens with zero attached hydrogens (tertiary/aromatic N) is 3. The van der Waals surface area contributed by atoms with Gasteiger partial charge in [-0.05, 0) is 45.6 Å². The molecular weight excluding hydrogens is 390 g/mol. The number of aromatic nitrogens is 1. The lowest BCUT2D eigenvalue weighted by molar-refractivity contribution is -0.129. The van der Waals surface area contributed by atoms with Crippen LogP contribution in [0.1, 0.15) is 32.0 Å². The molecule has 1 aromatic carbocycles. The SMILES string of the molecule is COc1cccc([C@H]2C(C(=O)c3sc(C)nc3C)=C(O)C(=O)N2CCN(C)C)c1. The molecule has 2 heterocycles. The Morgan fingerprint density at radius 1 is 1.34 bits per heavy atom. The number of ether oxygens (including phenoxy) is 1. The van der Waals surface area contributed by atoms with Crippen LogP contribution in [-0.4, -0.2) is 65.9 Å². The third-order valence-electron chi connectivity index (χ3n) is 4.86. The molecule has 2 aromatic rings. The topological polar surface area (TPSA) is 83.0 Å². The van der Waals surface area contributed by atoms with Gasteiger partial charge in [0.25, 0.3) is 5.91 Å². The molecule has 0 fully saturated rings. The van der Waals surface area contributed by atoms with E-state index in [0.29, 0.717) is 35.0 Å². The van der Waals surface area contributed by atoms with Gasteiger partial charge in [-0.3, -0.25) is 9.59 Å². The fourth-order valence-electron chi connectivity index (χ4n) is 3.45. The standard InChI is InChI=1S/C21H25N3O4S/c1-12-20(29-13(2)22-12)18(25)16-17(14-7-6-8-15(11-14)28-5)24(10-9-23(3)4)21(27)19(16)26/h6-8,11,17,26H,9-10H2,1-5H3/t17-/m0/s1. The first-order valence-electron chi connectivity index (χ1n) is 9.26. The van der Waals surface area contributed by atoms with Gasteiger partial charge in [0.05, 0.1) is 34.3 Å². The number of likely N-dealkylation sites (N-methyl/N-ethyl adjacent to an activating group) is 1. The summed E-state index contributed by atoms with van der Waals surface area (Å²) in [6.07, 6.45) is 0. The number of methoxy groups -OCH3 is 1. The van der Waals surface area contributed by atoms with Crippen LogP contribution in [0.4, 0.5) is 0 Å². The van der Waals surface area contributed by atoms with E-state index < -0.39 is 17.7 Å². The Morgan fingerprint density at radius 3 is 2.66 bits per heavy atom. The predicted molar refractivity (Wildman–Crippen MR) is 112 cm³/mol. The van der Waals surface area contributed by atoms with Crippen LogP contribution in [0.15, 0.2) is 35.6 Å². The van der Waals surface area contributed by atoms with E-state index in [1.807, 2.05) is 38.1 Å². The molecule has 0 saturated heterocycles. The molecule has 0 radical (unpaired) electrons. The Bertz CT molecular complexity index is 980. The van der Waals surface area contributed by atoms with E-state index in [-0.39, 0.29) is 11.4 Å². The molecule has 154 valence electrons. The van der Waals surface area contributed by atoms with Gasteiger partial charge in [-0.25, -0.2) is 4.98 Å². The van der Waals surface area contributed by atoms with E-state index in [1.165, 1.54) is 11.3 Å². The van der Waals surface area contributed by atoms with Crippen LogP contribution >= 0.6 is 11.3 Å². The minimum Gasteiger partial charge on any atom is -0.503 e. The summed E-state index contributed by atoms with van der Waals surface area (Å²) in [5.74, 6) is -0.779. The zero-order chi connectivity index (χ0) is 21.3. The normalized spacial score (nSPS) is 16.8. The third-order valence-corrected chi connectivity index (χ3v) is 5.93. The second kappa shape index (κ2) is 8.34. The Balaban J connectivity index is 2.10.